The van der Waals surface area contributed by atoms with Crippen LogP contribution in [0.25, 0.3) is 0 Å². The smallest absolute Gasteiger partial charge is 0.317 e. The molecule has 0 bridgehead atoms. The van der Waals surface area contributed by atoms with Crippen molar-refractivity contribution in [1.29, 1.82) is 0 Å². The van der Waals surface area contributed by atoms with Crippen molar-refractivity contribution in [2.45, 2.75) is 39.7 Å². The normalized spacial score (nSPS) is 18.0. The number of nitrogens with zero attached hydrogens (tertiary/aromatic N) is 2. The second-order valence-electron chi connectivity index (χ2n) is 6.24. The molecule has 0 spiro atoms. The summed E-state index contributed by atoms with van der Waals surface area (Å²) in [5, 5.41) is 2.98. The van der Waals surface area contributed by atoms with Gasteiger partial charge in [0.1, 0.15) is 0 Å². The summed E-state index contributed by atoms with van der Waals surface area (Å²) in [5.74, 6) is 0.584. The van der Waals surface area contributed by atoms with Gasteiger partial charge >= 0.3 is 6.03 Å². The minimum atomic E-state index is -0.0438. The molecule has 0 saturated carbocycles. The zero-order valence-corrected chi connectivity index (χ0v) is 13.9. The summed E-state index contributed by atoms with van der Waals surface area (Å²) in [7, 11) is 1.80. The lowest BCUT2D eigenvalue weighted by Gasteiger charge is -2.23. The van der Waals surface area contributed by atoms with Gasteiger partial charge in [0.15, 0.2) is 0 Å². The first-order valence-electron chi connectivity index (χ1n) is 8.05. The number of carbonyl (C=O) groups is 1. The second-order valence-corrected chi connectivity index (χ2v) is 6.24. The van der Waals surface area contributed by atoms with Gasteiger partial charge in [-0.15, -0.1) is 0 Å². The summed E-state index contributed by atoms with van der Waals surface area (Å²) in [6.45, 7) is 6.97. The Bertz CT molecular complexity index is 478. The molecule has 0 unspecified atom stereocenters. The SMILES string of the molecule is Cc1cc(C)nc(CN(C)C(=O)NCC[C@@H]2CCCOC2)c1. The van der Waals surface area contributed by atoms with E-state index >= 15 is 0 Å². The van der Waals surface area contributed by atoms with E-state index in [-0.39, 0.29) is 6.03 Å². The molecule has 1 fully saturated rings. The fourth-order valence-corrected chi connectivity index (χ4v) is 2.87. The Balaban J connectivity index is 1.74. The highest BCUT2D eigenvalue weighted by molar-refractivity contribution is 5.73. The molecule has 22 heavy (non-hydrogen) atoms. The average Bonchev–Trinajstić information content (AvgIpc) is 2.47. The molecule has 1 aliphatic rings. The van der Waals surface area contributed by atoms with Crippen LogP contribution >= 0.6 is 0 Å². The second kappa shape index (κ2) is 8.13. The molecule has 1 aromatic rings. The van der Waals surface area contributed by atoms with E-state index in [0.717, 1.165) is 37.4 Å². The Morgan fingerprint density at radius 3 is 2.95 bits per heavy atom. The van der Waals surface area contributed by atoms with Gasteiger partial charge in [-0.05, 0) is 56.7 Å². The van der Waals surface area contributed by atoms with Crippen molar-refractivity contribution in [3.05, 3.63) is 29.1 Å². The zero-order chi connectivity index (χ0) is 15.9. The minimum Gasteiger partial charge on any atom is -0.381 e. The summed E-state index contributed by atoms with van der Waals surface area (Å²) in [4.78, 5) is 18.3. The Hall–Kier alpha value is -1.62. The number of urea groups is 1. The van der Waals surface area contributed by atoms with Crippen molar-refractivity contribution in [3.63, 3.8) is 0 Å². The Morgan fingerprint density at radius 1 is 1.45 bits per heavy atom. The molecule has 0 radical (unpaired) electrons. The molecule has 1 atom stereocenters. The highest BCUT2D eigenvalue weighted by Crippen LogP contribution is 2.16. The predicted octanol–water partition coefficient (Wildman–Crippen LogP) is 2.66. The van der Waals surface area contributed by atoms with Gasteiger partial charge in [0, 0.05) is 32.5 Å². The van der Waals surface area contributed by atoms with Crippen molar-refractivity contribution < 1.29 is 9.53 Å². The third kappa shape index (κ3) is 5.30. The van der Waals surface area contributed by atoms with Crippen LogP contribution in [0.4, 0.5) is 4.79 Å². The van der Waals surface area contributed by atoms with E-state index in [2.05, 4.69) is 10.3 Å². The fourth-order valence-electron chi connectivity index (χ4n) is 2.87. The number of hydrogen-bond acceptors (Lipinski definition) is 3. The Morgan fingerprint density at radius 2 is 2.27 bits per heavy atom. The molecule has 0 aromatic carbocycles. The van der Waals surface area contributed by atoms with E-state index in [9.17, 15) is 4.79 Å². The number of carbonyl (C=O) groups excluding carboxylic acids is 1. The molecule has 0 aliphatic carbocycles. The first-order valence-corrected chi connectivity index (χ1v) is 8.05. The highest BCUT2D eigenvalue weighted by Gasteiger charge is 2.15. The molecule has 1 N–H and O–H groups in total. The number of ether oxygens (including phenoxy) is 1. The lowest BCUT2D eigenvalue weighted by Crippen LogP contribution is -2.38. The highest BCUT2D eigenvalue weighted by atomic mass is 16.5. The van der Waals surface area contributed by atoms with Gasteiger partial charge in [-0.1, -0.05) is 0 Å². The van der Waals surface area contributed by atoms with Gasteiger partial charge in [0.05, 0.1) is 12.2 Å². The molecular weight excluding hydrogens is 278 g/mol. The standard InChI is InChI=1S/C17H27N3O2/c1-13-9-14(2)19-16(10-13)11-20(3)17(21)18-7-6-15-5-4-8-22-12-15/h9-10,15H,4-8,11-12H2,1-3H3,(H,18,21)/t15-/m0/s1. The topological polar surface area (TPSA) is 54.5 Å². The number of aromatic nitrogens is 1. The largest absolute Gasteiger partial charge is 0.381 e. The zero-order valence-electron chi connectivity index (χ0n) is 13.9. The van der Waals surface area contributed by atoms with Gasteiger partial charge in [-0.3, -0.25) is 4.98 Å². The Labute approximate surface area is 133 Å². The van der Waals surface area contributed by atoms with Crippen LogP contribution in [0.1, 0.15) is 36.2 Å². The third-order valence-corrected chi connectivity index (χ3v) is 3.98. The number of nitrogens with one attached hydrogen (secondary N) is 1. The van der Waals surface area contributed by atoms with Gasteiger partial charge in [0.2, 0.25) is 0 Å². The van der Waals surface area contributed by atoms with Crippen molar-refractivity contribution >= 4 is 6.03 Å². The maximum atomic E-state index is 12.1. The third-order valence-electron chi connectivity index (χ3n) is 3.98. The molecule has 5 heteroatoms. The Kier molecular flexibility index (Phi) is 6.19. The molecule has 2 heterocycles. The van der Waals surface area contributed by atoms with Crippen LogP contribution < -0.4 is 5.32 Å². The van der Waals surface area contributed by atoms with E-state index in [1.807, 2.05) is 26.0 Å². The summed E-state index contributed by atoms with van der Waals surface area (Å²) in [5.41, 5.74) is 3.09. The molecule has 2 rings (SSSR count). The molecule has 122 valence electrons. The molecule has 5 nitrogen and oxygen atoms in total. The van der Waals surface area contributed by atoms with Crippen LogP contribution in [0, 0.1) is 19.8 Å². The van der Waals surface area contributed by atoms with Crippen molar-refractivity contribution in [3.8, 4) is 0 Å². The maximum absolute atomic E-state index is 12.1. The molecule has 1 aromatic heterocycles. The van der Waals surface area contributed by atoms with E-state index in [4.69, 9.17) is 4.74 Å². The van der Waals surface area contributed by atoms with Gasteiger partial charge < -0.3 is 15.0 Å². The minimum absolute atomic E-state index is 0.0438. The molecule has 1 saturated heterocycles. The number of amides is 2. The van der Waals surface area contributed by atoms with Gasteiger partial charge in [-0.2, -0.15) is 0 Å². The molecule has 2 amide bonds. The molecule has 1 aliphatic heterocycles. The quantitative estimate of drug-likeness (QED) is 0.910. The van der Waals surface area contributed by atoms with E-state index in [1.54, 1.807) is 11.9 Å². The fraction of sp³-hybridized carbons (Fsp3) is 0.647. The monoisotopic (exact) mass is 305 g/mol. The van der Waals surface area contributed by atoms with Crippen molar-refractivity contribution in [1.82, 2.24) is 15.2 Å². The summed E-state index contributed by atoms with van der Waals surface area (Å²) in [6, 6.07) is 4.02. The van der Waals surface area contributed by atoms with E-state index in [1.165, 1.54) is 12.0 Å². The number of rotatable bonds is 5. The number of aryl methyl sites for hydroxylation is 2. The van der Waals surface area contributed by atoms with Crippen LogP contribution in [-0.2, 0) is 11.3 Å². The number of pyridine rings is 1. The van der Waals surface area contributed by atoms with Crippen LogP contribution in [0.5, 0.6) is 0 Å². The van der Waals surface area contributed by atoms with Gasteiger partial charge in [0.25, 0.3) is 0 Å². The van der Waals surface area contributed by atoms with Crippen LogP contribution in [0.15, 0.2) is 12.1 Å². The summed E-state index contributed by atoms with van der Waals surface area (Å²) >= 11 is 0. The lowest BCUT2D eigenvalue weighted by atomic mass is 9.99. The summed E-state index contributed by atoms with van der Waals surface area (Å²) < 4.78 is 5.46. The van der Waals surface area contributed by atoms with Crippen LogP contribution in [0.3, 0.4) is 0 Å². The van der Waals surface area contributed by atoms with Crippen molar-refractivity contribution in [2.75, 3.05) is 26.8 Å². The lowest BCUT2D eigenvalue weighted by molar-refractivity contribution is 0.0519. The van der Waals surface area contributed by atoms with Crippen molar-refractivity contribution in [2.24, 2.45) is 5.92 Å². The van der Waals surface area contributed by atoms with Gasteiger partial charge in [-0.25, -0.2) is 4.79 Å². The van der Waals surface area contributed by atoms with Crippen LogP contribution in [-0.4, -0.2) is 42.7 Å². The van der Waals surface area contributed by atoms with Crippen LogP contribution in [0.2, 0.25) is 0 Å². The summed E-state index contributed by atoms with van der Waals surface area (Å²) in [6.07, 6.45) is 3.33. The first-order chi connectivity index (χ1) is 10.5. The average molecular weight is 305 g/mol. The molecular formula is C17H27N3O2. The first kappa shape index (κ1) is 16.7. The maximum Gasteiger partial charge on any atom is 0.317 e. The number of hydrogen-bond donors (Lipinski definition) is 1. The predicted molar refractivity (Wildman–Crippen MR) is 86.7 cm³/mol. The van der Waals surface area contributed by atoms with E-state index in [0.29, 0.717) is 19.0 Å². The van der Waals surface area contributed by atoms with E-state index < -0.39 is 0 Å².